The summed E-state index contributed by atoms with van der Waals surface area (Å²) in [5, 5.41) is 36.4. The van der Waals surface area contributed by atoms with Gasteiger partial charge in [-0.15, -0.1) is 0 Å². The zero-order valence-corrected chi connectivity index (χ0v) is 12.7. The van der Waals surface area contributed by atoms with E-state index < -0.39 is 30.0 Å². The maximum Gasteiger partial charge on any atom is 0.376 e. The van der Waals surface area contributed by atoms with Crippen molar-refractivity contribution >= 4 is 40.6 Å². The molecule has 0 saturated heterocycles. The predicted molar refractivity (Wildman–Crippen MR) is 77.7 cm³/mol. The highest BCUT2D eigenvalue weighted by Crippen LogP contribution is 2.18. The number of aliphatic hydroxyl groups excluding tert-OH is 1. The van der Waals surface area contributed by atoms with Crippen LogP contribution in [0.4, 0.5) is 0 Å². The molecule has 0 amide bonds. The molecule has 0 aliphatic rings. The van der Waals surface area contributed by atoms with Crippen molar-refractivity contribution in [3.05, 3.63) is 29.8 Å². The molecule has 0 bridgehead atoms. The van der Waals surface area contributed by atoms with Crippen molar-refractivity contribution in [2.75, 3.05) is 0 Å². The van der Waals surface area contributed by atoms with Crippen LogP contribution in [0.25, 0.3) is 0 Å². The molecule has 0 spiro atoms. The van der Waals surface area contributed by atoms with Gasteiger partial charge in [0.05, 0.1) is 0 Å². The lowest BCUT2D eigenvalue weighted by molar-refractivity contribution is -0.158. The summed E-state index contributed by atoms with van der Waals surface area (Å²) >= 11 is 1.40. The summed E-state index contributed by atoms with van der Waals surface area (Å²) < 4.78 is 0.739. The lowest BCUT2D eigenvalue weighted by Crippen LogP contribution is -2.47. The lowest BCUT2D eigenvalue weighted by Gasteiger charge is -2.25. The van der Waals surface area contributed by atoms with Gasteiger partial charge >= 0.3 is 11.9 Å². The fraction of sp³-hybridized carbons (Fsp3) is 0.250. The van der Waals surface area contributed by atoms with E-state index in [-0.39, 0.29) is 12.2 Å². The molecule has 2 atom stereocenters. The molecule has 1 aromatic rings. The maximum atomic E-state index is 11.2. The Morgan fingerprint density at radius 2 is 1.67 bits per heavy atom. The molecule has 9 heteroatoms. The van der Waals surface area contributed by atoms with Crippen molar-refractivity contribution in [2.45, 2.75) is 18.7 Å². The summed E-state index contributed by atoms with van der Waals surface area (Å²) in [6.07, 6.45) is -2.15. The van der Waals surface area contributed by atoms with Crippen LogP contribution in [0.15, 0.2) is 24.3 Å². The number of aliphatic carboxylic acids is 2. The number of aromatic hydroxyl groups is 1. The third-order valence-corrected chi connectivity index (χ3v) is 3.83. The van der Waals surface area contributed by atoms with Gasteiger partial charge in [0, 0.05) is 22.9 Å². The van der Waals surface area contributed by atoms with Gasteiger partial charge in [0.2, 0.25) is 0 Å². The van der Waals surface area contributed by atoms with Crippen LogP contribution in [0, 0.1) is 0 Å². The molecule has 0 radical (unpaired) electrons. The Labute approximate surface area is 133 Å². The third kappa shape index (κ3) is 4.65. The summed E-state index contributed by atoms with van der Waals surface area (Å²) in [5.41, 5.74) is 0.539. The number of rotatable bonds is 7. The van der Waals surface area contributed by atoms with Gasteiger partial charge in [0.25, 0.3) is 5.78 Å². The maximum absolute atomic E-state index is 11.2. The summed E-state index contributed by atoms with van der Waals surface area (Å²) in [7, 11) is 0. The predicted octanol–water partition coefficient (Wildman–Crippen LogP) is 0.0120. The quantitative estimate of drug-likeness (QED) is 0.214. The van der Waals surface area contributed by atoms with E-state index in [0.29, 0.717) is 5.56 Å². The first-order valence-corrected chi connectivity index (χ1v) is 6.60. The van der Waals surface area contributed by atoms with Gasteiger partial charge in [-0.25, -0.2) is 4.79 Å². The van der Waals surface area contributed by atoms with E-state index in [0.717, 1.165) is 3.11 Å². The van der Waals surface area contributed by atoms with E-state index in [1.54, 1.807) is 0 Å². The van der Waals surface area contributed by atoms with Crippen molar-refractivity contribution in [3.63, 3.8) is 0 Å². The largest absolute Gasteiger partial charge is 0.508 e. The van der Waals surface area contributed by atoms with Crippen LogP contribution in [-0.4, -0.2) is 53.5 Å². The Morgan fingerprint density at radius 1 is 1.14 bits per heavy atom. The number of benzene rings is 1. The second-order valence-electron chi connectivity index (χ2n) is 4.11. The highest BCUT2D eigenvalue weighted by atomic mass is 127. The Bertz CT molecular complexity index is 545. The van der Waals surface area contributed by atoms with Crippen LogP contribution in [0.1, 0.15) is 5.56 Å². The van der Waals surface area contributed by atoms with E-state index in [9.17, 15) is 19.5 Å². The number of Topliss-reactive ketones (excluding diaryl/α,β-unsaturated/α-hetero) is 1. The summed E-state index contributed by atoms with van der Waals surface area (Å²) in [6, 6.07) is 4.39. The van der Waals surface area contributed by atoms with Gasteiger partial charge in [-0.3, -0.25) is 9.59 Å². The van der Waals surface area contributed by atoms with Gasteiger partial charge in [0.1, 0.15) is 11.8 Å². The molecular weight excluding hydrogens is 397 g/mol. The monoisotopic (exact) mass is 409 g/mol. The molecule has 4 N–H and O–H groups in total. The molecule has 8 nitrogen and oxygen atoms in total. The van der Waals surface area contributed by atoms with Crippen LogP contribution in [0.2, 0.25) is 0 Å². The first kappa shape index (κ1) is 17.3. The van der Waals surface area contributed by atoms with E-state index >= 15 is 0 Å². The Balaban J connectivity index is 2.91. The highest BCUT2D eigenvalue weighted by molar-refractivity contribution is 14.1. The third-order valence-electron chi connectivity index (χ3n) is 2.63. The second kappa shape index (κ2) is 7.33. The Kier molecular flexibility index (Phi) is 6.05. The fourth-order valence-electron chi connectivity index (χ4n) is 1.53. The molecule has 114 valence electrons. The van der Waals surface area contributed by atoms with Crippen molar-refractivity contribution < 1.29 is 34.8 Å². The number of carbonyl (C=O) groups is 3. The zero-order valence-electron chi connectivity index (χ0n) is 10.5. The zero-order chi connectivity index (χ0) is 16.2. The normalized spacial score (nSPS) is 13.7. The van der Waals surface area contributed by atoms with Gasteiger partial charge in [-0.1, -0.05) is 12.1 Å². The second-order valence-corrected chi connectivity index (χ2v) is 5.23. The van der Waals surface area contributed by atoms with Crippen LogP contribution < -0.4 is 0 Å². The number of hydrogen-bond donors (Lipinski definition) is 4. The molecule has 1 aromatic carbocycles. The van der Waals surface area contributed by atoms with E-state index in [2.05, 4.69) is 0 Å². The molecule has 0 aromatic heterocycles. The summed E-state index contributed by atoms with van der Waals surface area (Å²) in [4.78, 5) is 32.9. The topological polar surface area (TPSA) is 135 Å². The van der Waals surface area contributed by atoms with Crippen molar-refractivity contribution in [1.82, 2.24) is 3.11 Å². The van der Waals surface area contributed by atoms with Gasteiger partial charge in [0.15, 0.2) is 6.23 Å². The van der Waals surface area contributed by atoms with Crippen molar-refractivity contribution in [1.29, 1.82) is 0 Å². The number of phenolic OH excluding ortho intramolecular Hbond substituents is 1. The number of phenols is 1. The van der Waals surface area contributed by atoms with E-state index in [1.807, 2.05) is 0 Å². The van der Waals surface area contributed by atoms with Crippen LogP contribution in [0.5, 0.6) is 5.75 Å². The van der Waals surface area contributed by atoms with Crippen molar-refractivity contribution in [2.24, 2.45) is 0 Å². The Hall–Kier alpha value is -1.72. The molecule has 0 fully saturated rings. The molecule has 0 aliphatic carbocycles. The van der Waals surface area contributed by atoms with Gasteiger partial charge < -0.3 is 20.4 Å². The van der Waals surface area contributed by atoms with Crippen LogP contribution in [0.3, 0.4) is 0 Å². The smallest absolute Gasteiger partial charge is 0.376 e. The number of carboxylic acid groups (broad SMARTS) is 2. The molecule has 0 aliphatic heterocycles. The molecular formula is C12H12INO7. The molecule has 21 heavy (non-hydrogen) atoms. The highest BCUT2D eigenvalue weighted by Gasteiger charge is 2.35. The fourth-order valence-corrected chi connectivity index (χ4v) is 2.22. The summed E-state index contributed by atoms with van der Waals surface area (Å²) in [5.74, 6) is -4.67. The number of carboxylic acids is 2. The SMILES string of the molecule is O=C(O)C(=O)C(O)N(I)[C@@H](Cc1ccc(O)cc1)C(=O)O. The number of halogens is 1. The standard InChI is InChI=1S/C12H12INO7/c13-14(10(17)9(16)12(20)21)8(11(18)19)5-6-1-3-7(15)4-2-6/h1-4,8,10,15,17H,5H2,(H,18,19)(H,20,21)/t8-,10?/m0/s1. The van der Waals surface area contributed by atoms with E-state index in [4.69, 9.17) is 15.3 Å². The first-order chi connectivity index (χ1) is 9.73. The van der Waals surface area contributed by atoms with Crippen molar-refractivity contribution in [3.8, 4) is 5.75 Å². The van der Waals surface area contributed by atoms with Crippen LogP contribution in [-0.2, 0) is 20.8 Å². The number of aliphatic hydroxyl groups is 1. The van der Waals surface area contributed by atoms with Gasteiger partial charge in [-0.2, -0.15) is 3.11 Å². The number of carbonyl (C=O) groups excluding carboxylic acids is 1. The first-order valence-electron chi connectivity index (χ1n) is 5.64. The number of ketones is 1. The van der Waals surface area contributed by atoms with Crippen LogP contribution >= 0.6 is 22.9 Å². The molecule has 1 rings (SSSR count). The van der Waals surface area contributed by atoms with E-state index in [1.165, 1.54) is 47.1 Å². The number of hydrogen-bond acceptors (Lipinski definition) is 6. The number of nitrogens with zero attached hydrogens (tertiary/aromatic N) is 1. The summed E-state index contributed by atoms with van der Waals surface area (Å²) in [6.45, 7) is 0. The molecule has 0 saturated carbocycles. The molecule has 1 unspecified atom stereocenters. The minimum Gasteiger partial charge on any atom is -0.508 e. The lowest BCUT2D eigenvalue weighted by atomic mass is 10.1. The average molecular weight is 409 g/mol. The molecule has 0 heterocycles. The van der Waals surface area contributed by atoms with Gasteiger partial charge in [-0.05, 0) is 24.1 Å². The minimum atomic E-state index is -2.07. The Morgan fingerprint density at radius 3 is 2.10 bits per heavy atom. The average Bonchev–Trinajstić information content (AvgIpc) is 2.43. The minimum absolute atomic E-state index is 0.0121.